The molecule has 0 aromatic carbocycles. The van der Waals surface area contributed by atoms with Gasteiger partial charge in [-0.2, -0.15) is 0 Å². The lowest BCUT2D eigenvalue weighted by molar-refractivity contribution is -0.121. The SMILES string of the molecule is CCCC(=O)NCCOCCOCCNC. The van der Waals surface area contributed by atoms with Crippen LogP contribution in [-0.4, -0.2) is 52.5 Å². The van der Waals surface area contributed by atoms with Crippen molar-refractivity contribution in [2.75, 3.05) is 46.6 Å². The fraction of sp³-hybridized carbons (Fsp3) is 0.909. The third-order valence-corrected chi connectivity index (χ3v) is 1.91. The van der Waals surface area contributed by atoms with E-state index in [-0.39, 0.29) is 5.91 Å². The van der Waals surface area contributed by atoms with Gasteiger partial charge in [0.05, 0.1) is 26.4 Å². The Hall–Kier alpha value is -0.650. The molecule has 0 aromatic heterocycles. The molecule has 0 fully saturated rings. The zero-order valence-electron chi connectivity index (χ0n) is 10.4. The maximum atomic E-state index is 11.1. The van der Waals surface area contributed by atoms with E-state index in [1.54, 1.807) is 0 Å². The van der Waals surface area contributed by atoms with Gasteiger partial charge in [-0.25, -0.2) is 0 Å². The Balaban J connectivity index is 3.01. The van der Waals surface area contributed by atoms with Gasteiger partial charge in [0.1, 0.15) is 0 Å². The van der Waals surface area contributed by atoms with Crippen LogP contribution in [0.25, 0.3) is 0 Å². The predicted molar refractivity (Wildman–Crippen MR) is 63.5 cm³/mol. The summed E-state index contributed by atoms with van der Waals surface area (Å²) in [4.78, 5) is 11.1. The molecular weight excluding hydrogens is 208 g/mol. The molecule has 0 rings (SSSR count). The summed E-state index contributed by atoms with van der Waals surface area (Å²) in [5, 5.41) is 5.77. The fourth-order valence-electron chi connectivity index (χ4n) is 1.07. The standard InChI is InChI=1S/C11H24N2O3/c1-3-4-11(14)13-6-8-16-10-9-15-7-5-12-2/h12H,3-10H2,1-2H3,(H,13,14). The van der Waals surface area contributed by atoms with Crippen molar-refractivity contribution in [2.24, 2.45) is 0 Å². The molecule has 0 spiro atoms. The van der Waals surface area contributed by atoms with Crippen molar-refractivity contribution in [2.45, 2.75) is 19.8 Å². The quantitative estimate of drug-likeness (QED) is 0.498. The van der Waals surface area contributed by atoms with Gasteiger partial charge >= 0.3 is 0 Å². The third-order valence-electron chi connectivity index (χ3n) is 1.91. The van der Waals surface area contributed by atoms with Crippen LogP contribution < -0.4 is 10.6 Å². The van der Waals surface area contributed by atoms with Gasteiger partial charge in [0.15, 0.2) is 0 Å². The van der Waals surface area contributed by atoms with Gasteiger partial charge in [0.25, 0.3) is 0 Å². The molecule has 5 nitrogen and oxygen atoms in total. The first-order valence-electron chi connectivity index (χ1n) is 5.88. The van der Waals surface area contributed by atoms with Crippen LogP contribution >= 0.6 is 0 Å². The molecule has 0 radical (unpaired) electrons. The van der Waals surface area contributed by atoms with Gasteiger partial charge in [-0.3, -0.25) is 4.79 Å². The molecule has 1 amide bonds. The van der Waals surface area contributed by atoms with Crippen molar-refractivity contribution in [3.05, 3.63) is 0 Å². The molecule has 0 aromatic rings. The molecule has 16 heavy (non-hydrogen) atoms. The van der Waals surface area contributed by atoms with E-state index in [1.165, 1.54) is 0 Å². The highest BCUT2D eigenvalue weighted by atomic mass is 16.5. The number of ether oxygens (including phenoxy) is 2. The van der Waals surface area contributed by atoms with Crippen LogP contribution in [-0.2, 0) is 14.3 Å². The number of hydrogen-bond donors (Lipinski definition) is 2. The van der Waals surface area contributed by atoms with Gasteiger partial charge < -0.3 is 20.1 Å². The minimum Gasteiger partial charge on any atom is -0.378 e. The van der Waals surface area contributed by atoms with Gasteiger partial charge in [-0.05, 0) is 13.5 Å². The first-order valence-corrected chi connectivity index (χ1v) is 5.88. The average Bonchev–Trinajstić information content (AvgIpc) is 2.27. The number of likely N-dealkylation sites (N-methyl/N-ethyl adjacent to an activating group) is 1. The molecule has 0 aliphatic carbocycles. The van der Waals surface area contributed by atoms with Crippen LogP contribution in [0.5, 0.6) is 0 Å². The fourth-order valence-corrected chi connectivity index (χ4v) is 1.07. The Morgan fingerprint density at radius 2 is 1.69 bits per heavy atom. The Kier molecular flexibility index (Phi) is 11.9. The topological polar surface area (TPSA) is 59.6 Å². The van der Waals surface area contributed by atoms with Crippen molar-refractivity contribution in [3.63, 3.8) is 0 Å². The Morgan fingerprint density at radius 3 is 2.25 bits per heavy atom. The maximum absolute atomic E-state index is 11.1. The number of rotatable bonds is 11. The number of carbonyl (C=O) groups excluding carboxylic acids is 1. The summed E-state index contributed by atoms with van der Waals surface area (Å²) in [7, 11) is 1.89. The monoisotopic (exact) mass is 232 g/mol. The van der Waals surface area contributed by atoms with Crippen molar-refractivity contribution in [1.29, 1.82) is 0 Å². The molecule has 0 unspecified atom stereocenters. The molecule has 0 saturated carbocycles. The summed E-state index contributed by atoms with van der Waals surface area (Å²) in [6.45, 7) is 5.84. The predicted octanol–water partition coefficient (Wildman–Crippen LogP) is 0.155. The molecule has 0 saturated heterocycles. The van der Waals surface area contributed by atoms with Gasteiger partial charge in [0.2, 0.25) is 5.91 Å². The second-order valence-electron chi connectivity index (χ2n) is 3.43. The van der Waals surface area contributed by atoms with Crippen molar-refractivity contribution < 1.29 is 14.3 Å². The van der Waals surface area contributed by atoms with E-state index in [2.05, 4.69) is 10.6 Å². The second-order valence-corrected chi connectivity index (χ2v) is 3.43. The van der Waals surface area contributed by atoms with E-state index in [9.17, 15) is 4.79 Å². The highest BCUT2D eigenvalue weighted by Gasteiger charge is 1.97. The maximum Gasteiger partial charge on any atom is 0.220 e. The van der Waals surface area contributed by atoms with Crippen LogP contribution in [0.1, 0.15) is 19.8 Å². The van der Waals surface area contributed by atoms with E-state index in [1.807, 2.05) is 14.0 Å². The summed E-state index contributed by atoms with van der Waals surface area (Å²) in [5.74, 6) is 0.0939. The summed E-state index contributed by atoms with van der Waals surface area (Å²) in [6.07, 6.45) is 1.47. The highest BCUT2D eigenvalue weighted by Crippen LogP contribution is 1.85. The largest absolute Gasteiger partial charge is 0.378 e. The van der Waals surface area contributed by atoms with E-state index < -0.39 is 0 Å². The zero-order valence-corrected chi connectivity index (χ0v) is 10.4. The number of amides is 1. The summed E-state index contributed by atoms with van der Waals surface area (Å²) < 4.78 is 10.5. The molecule has 2 N–H and O–H groups in total. The van der Waals surface area contributed by atoms with Crippen LogP contribution in [0.15, 0.2) is 0 Å². The molecule has 0 heterocycles. The Bertz CT molecular complexity index is 165. The number of carbonyl (C=O) groups is 1. The summed E-state index contributed by atoms with van der Waals surface area (Å²) in [5.41, 5.74) is 0. The first-order chi connectivity index (χ1) is 7.81. The second kappa shape index (κ2) is 12.4. The minimum atomic E-state index is 0.0939. The van der Waals surface area contributed by atoms with Crippen LogP contribution in [0.4, 0.5) is 0 Å². The Labute approximate surface area is 97.9 Å². The van der Waals surface area contributed by atoms with Crippen molar-refractivity contribution in [3.8, 4) is 0 Å². The summed E-state index contributed by atoms with van der Waals surface area (Å²) >= 11 is 0. The third kappa shape index (κ3) is 11.4. The average molecular weight is 232 g/mol. The van der Waals surface area contributed by atoms with E-state index in [0.29, 0.717) is 39.4 Å². The lowest BCUT2D eigenvalue weighted by atomic mass is 10.3. The molecule has 0 aliphatic heterocycles. The minimum absolute atomic E-state index is 0.0939. The Morgan fingerprint density at radius 1 is 1.06 bits per heavy atom. The molecule has 0 aliphatic rings. The lowest BCUT2D eigenvalue weighted by Gasteiger charge is -2.06. The lowest BCUT2D eigenvalue weighted by Crippen LogP contribution is -2.27. The van der Waals surface area contributed by atoms with Crippen molar-refractivity contribution in [1.82, 2.24) is 10.6 Å². The van der Waals surface area contributed by atoms with Crippen LogP contribution in [0.3, 0.4) is 0 Å². The van der Waals surface area contributed by atoms with Crippen LogP contribution in [0, 0.1) is 0 Å². The van der Waals surface area contributed by atoms with E-state index >= 15 is 0 Å². The van der Waals surface area contributed by atoms with Crippen molar-refractivity contribution >= 4 is 5.91 Å². The van der Waals surface area contributed by atoms with Crippen LogP contribution in [0.2, 0.25) is 0 Å². The van der Waals surface area contributed by atoms with E-state index in [0.717, 1.165) is 13.0 Å². The molecule has 96 valence electrons. The first kappa shape index (κ1) is 15.3. The smallest absolute Gasteiger partial charge is 0.220 e. The molecule has 5 heteroatoms. The molecular formula is C11H24N2O3. The van der Waals surface area contributed by atoms with E-state index in [4.69, 9.17) is 9.47 Å². The normalized spacial score (nSPS) is 10.4. The summed E-state index contributed by atoms with van der Waals surface area (Å²) in [6, 6.07) is 0. The number of nitrogens with one attached hydrogen (secondary N) is 2. The molecule has 0 bridgehead atoms. The highest BCUT2D eigenvalue weighted by molar-refractivity contribution is 5.75. The van der Waals surface area contributed by atoms with Gasteiger partial charge in [0, 0.05) is 19.5 Å². The number of hydrogen-bond acceptors (Lipinski definition) is 4. The van der Waals surface area contributed by atoms with Gasteiger partial charge in [-0.15, -0.1) is 0 Å². The zero-order chi connectivity index (χ0) is 12.1. The van der Waals surface area contributed by atoms with Gasteiger partial charge in [-0.1, -0.05) is 6.92 Å². The molecule has 0 atom stereocenters.